The van der Waals surface area contributed by atoms with E-state index in [1.807, 2.05) is 26.2 Å². The Morgan fingerprint density at radius 2 is 1.94 bits per heavy atom. The molecule has 0 spiro atoms. The molecule has 0 bridgehead atoms. The van der Waals surface area contributed by atoms with Crippen LogP contribution in [0.3, 0.4) is 0 Å². The second-order valence-electron chi connectivity index (χ2n) is 4.50. The average Bonchev–Trinajstić information content (AvgIpc) is 2.28. The quantitative estimate of drug-likeness (QED) is 0.860. The topological polar surface area (TPSA) is 23.5 Å². The van der Waals surface area contributed by atoms with E-state index in [1.165, 1.54) is 0 Å². The van der Waals surface area contributed by atoms with Gasteiger partial charge in [-0.3, -0.25) is 0 Å². The molecule has 0 heterocycles. The Kier molecular flexibility index (Phi) is 6.28. The van der Waals surface area contributed by atoms with E-state index in [-0.39, 0.29) is 12.5 Å². The second kappa shape index (κ2) is 7.22. The van der Waals surface area contributed by atoms with Crippen molar-refractivity contribution in [2.45, 2.75) is 18.8 Å². The molecule has 0 saturated heterocycles. The molecule has 1 aromatic carbocycles. The minimum atomic E-state index is 0.143. The maximum Gasteiger partial charge on any atom is 0.0595 e. The predicted octanol–water partition coefficient (Wildman–Crippen LogP) is 3.41. The maximum atomic E-state index is 9.42. The molecule has 0 amide bonds. The minimum absolute atomic E-state index is 0.143. The molecular weight excluding hydrogens is 257 g/mol. The number of benzene rings is 1. The lowest BCUT2D eigenvalue weighted by molar-refractivity contribution is 0.252. The first-order valence-electron chi connectivity index (χ1n) is 5.75. The van der Waals surface area contributed by atoms with Gasteiger partial charge in [0.25, 0.3) is 0 Å². The van der Waals surface area contributed by atoms with Crippen molar-refractivity contribution in [3.05, 3.63) is 33.8 Å². The number of aliphatic hydroxyl groups is 1. The first-order valence-corrected chi connectivity index (χ1v) is 6.50. The van der Waals surface area contributed by atoms with E-state index in [0.717, 1.165) is 24.9 Å². The smallest absolute Gasteiger partial charge is 0.0595 e. The van der Waals surface area contributed by atoms with Crippen LogP contribution in [-0.2, 0) is 0 Å². The molecule has 2 nitrogen and oxygen atoms in total. The number of aliphatic hydroxyl groups excluding tert-OH is 1. The molecule has 0 aliphatic heterocycles. The molecule has 1 atom stereocenters. The third-order valence-electron chi connectivity index (χ3n) is 2.79. The molecule has 0 radical (unpaired) electrons. The standard InChI is InChI=1S/C13H19Cl2NO/c1-16(2)7-3-4-11(9-17)10-5-6-12(14)13(15)8-10/h5-6,8,11,17H,3-4,7,9H2,1-2H3. The second-order valence-corrected chi connectivity index (χ2v) is 5.31. The summed E-state index contributed by atoms with van der Waals surface area (Å²) < 4.78 is 0. The van der Waals surface area contributed by atoms with Gasteiger partial charge < -0.3 is 10.0 Å². The molecule has 96 valence electrons. The molecular formula is C13H19Cl2NO. The van der Waals surface area contributed by atoms with Crippen molar-refractivity contribution in [2.75, 3.05) is 27.2 Å². The first kappa shape index (κ1) is 14.8. The number of nitrogens with zero attached hydrogens (tertiary/aromatic N) is 1. The van der Waals surface area contributed by atoms with Gasteiger partial charge in [-0.15, -0.1) is 0 Å². The Labute approximate surface area is 113 Å². The van der Waals surface area contributed by atoms with Gasteiger partial charge in [-0.1, -0.05) is 29.3 Å². The van der Waals surface area contributed by atoms with Gasteiger partial charge in [0.15, 0.2) is 0 Å². The van der Waals surface area contributed by atoms with Crippen LogP contribution in [0.2, 0.25) is 10.0 Å². The summed E-state index contributed by atoms with van der Waals surface area (Å²) in [5.74, 6) is 0.143. The van der Waals surface area contributed by atoms with E-state index in [9.17, 15) is 5.11 Å². The molecule has 4 heteroatoms. The van der Waals surface area contributed by atoms with Gasteiger partial charge >= 0.3 is 0 Å². The Balaban J connectivity index is 2.62. The van der Waals surface area contributed by atoms with Crippen LogP contribution in [0.25, 0.3) is 0 Å². The molecule has 1 N–H and O–H groups in total. The van der Waals surface area contributed by atoms with Crippen molar-refractivity contribution < 1.29 is 5.11 Å². The first-order chi connectivity index (χ1) is 8.04. The molecule has 0 fully saturated rings. The van der Waals surface area contributed by atoms with Crippen molar-refractivity contribution >= 4 is 23.2 Å². The molecule has 0 saturated carbocycles. The minimum Gasteiger partial charge on any atom is -0.396 e. The SMILES string of the molecule is CN(C)CCCC(CO)c1ccc(Cl)c(Cl)c1. The van der Waals surface area contributed by atoms with E-state index in [2.05, 4.69) is 4.90 Å². The highest BCUT2D eigenvalue weighted by Crippen LogP contribution is 2.28. The van der Waals surface area contributed by atoms with E-state index in [4.69, 9.17) is 23.2 Å². The summed E-state index contributed by atoms with van der Waals surface area (Å²) in [4.78, 5) is 2.14. The highest BCUT2D eigenvalue weighted by molar-refractivity contribution is 6.42. The Hall–Kier alpha value is -0.280. The number of hydrogen-bond acceptors (Lipinski definition) is 2. The van der Waals surface area contributed by atoms with Crippen LogP contribution >= 0.6 is 23.2 Å². The van der Waals surface area contributed by atoms with Gasteiger partial charge in [0.2, 0.25) is 0 Å². The highest BCUT2D eigenvalue weighted by atomic mass is 35.5. The Morgan fingerprint density at radius 1 is 1.24 bits per heavy atom. The van der Waals surface area contributed by atoms with E-state index in [0.29, 0.717) is 10.0 Å². The van der Waals surface area contributed by atoms with E-state index < -0.39 is 0 Å². The van der Waals surface area contributed by atoms with Crippen molar-refractivity contribution in [3.8, 4) is 0 Å². The van der Waals surface area contributed by atoms with Crippen molar-refractivity contribution in [2.24, 2.45) is 0 Å². The molecule has 1 aromatic rings. The number of rotatable bonds is 6. The van der Waals surface area contributed by atoms with E-state index in [1.54, 1.807) is 6.07 Å². The summed E-state index contributed by atoms with van der Waals surface area (Å²) in [6, 6.07) is 5.57. The zero-order chi connectivity index (χ0) is 12.8. The molecule has 17 heavy (non-hydrogen) atoms. The predicted molar refractivity (Wildman–Crippen MR) is 74.1 cm³/mol. The summed E-state index contributed by atoms with van der Waals surface area (Å²) in [6.07, 6.45) is 2.01. The van der Waals surface area contributed by atoms with Gasteiger partial charge in [0, 0.05) is 12.5 Å². The summed E-state index contributed by atoms with van der Waals surface area (Å²) in [5, 5.41) is 10.5. The monoisotopic (exact) mass is 275 g/mol. The Bertz CT molecular complexity index is 355. The highest BCUT2D eigenvalue weighted by Gasteiger charge is 2.11. The van der Waals surface area contributed by atoms with Crippen LogP contribution in [0.5, 0.6) is 0 Å². The van der Waals surface area contributed by atoms with Crippen molar-refractivity contribution in [3.63, 3.8) is 0 Å². The molecule has 1 unspecified atom stereocenters. The van der Waals surface area contributed by atoms with Crippen molar-refractivity contribution in [1.29, 1.82) is 0 Å². The summed E-state index contributed by atoms with van der Waals surface area (Å²) in [5.41, 5.74) is 1.06. The molecule has 0 aromatic heterocycles. The average molecular weight is 276 g/mol. The van der Waals surface area contributed by atoms with Gasteiger partial charge in [0.1, 0.15) is 0 Å². The number of halogens is 2. The van der Waals surface area contributed by atoms with Crippen LogP contribution < -0.4 is 0 Å². The third kappa shape index (κ3) is 4.84. The van der Waals surface area contributed by atoms with Crippen LogP contribution in [0.1, 0.15) is 24.3 Å². The van der Waals surface area contributed by atoms with Crippen molar-refractivity contribution in [1.82, 2.24) is 4.90 Å². The zero-order valence-electron chi connectivity index (χ0n) is 10.3. The molecule has 0 aliphatic carbocycles. The largest absolute Gasteiger partial charge is 0.396 e. The fraction of sp³-hybridized carbons (Fsp3) is 0.538. The summed E-state index contributed by atoms with van der Waals surface area (Å²) in [6.45, 7) is 1.17. The molecule has 0 aliphatic rings. The fourth-order valence-electron chi connectivity index (χ4n) is 1.78. The van der Waals surface area contributed by atoms with Gasteiger partial charge in [-0.25, -0.2) is 0 Å². The van der Waals surface area contributed by atoms with Crippen LogP contribution in [-0.4, -0.2) is 37.3 Å². The summed E-state index contributed by atoms with van der Waals surface area (Å²) >= 11 is 11.9. The lowest BCUT2D eigenvalue weighted by Crippen LogP contribution is -2.14. The van der Waals surface area contributed by atoms with Crippen LogP contribution in [0, 0.1) is 0 Å². The lowest BCUT2D eigenvalue weighted by atomic mass is 9.95. The van der Waals surface area contributed by atoms with Gasteiger partial charge in [-0.2, -0.15) is 0 Å². The van der Waals surface area contributed by atoms with Gasteiger partial charge in [0.05, 0.1) is 10.0 Å². The fourth-order valence-corrected chi connectivity index (χ4v) is 2.09. The Morgan fingerprint density at radius 3 is 2.47 bits per heavy atom. The summed E-state index contributed by atoms with van der Waals surface area (Å²) in [7, 11) is 4.10. The maximum absolute atomic E-state index is 9.42. The zero-order valence-corrected chi connectivity index (χ0v) is 11.8. The third-order valence-corrected chi connectivity index (χ3v) is 3.53. The van der Waals surface area contributed by atoms with Gasteiger partial charge in [-0.05, 0) is 51.2 Å². The molecule has 1 rings (SSSR count). The van der Waals surface area contributed by atoms with Crippen LogP contribution in [0.4, 0.5) is 0 Å². The van der Waals surface area contributed by atoms with Crippen LogP contribution in [0.15, 0.2) is 18.2 Å². The lowest BCUT2D eigenvalue weighted by Gasteiger charge is -2.16. The number of hydrogen-bond donors (Lipinski definition) is 1. The van der Waals surface area contributed by atoms with E-state index >= 15 is 0 Å². The normalized spacial score (nSPS) is 13.1.